The zero-order valence-corrected chi connectivity index (χ0v) is 15.0. The maximum absolute atomic E-state index is 13.5. The number of amides is 1. The minimum Gasteiger partial charge on any atom is -0.496 e. The molecule has 28 heavy (non-hydrogen) atoms. The molecule has 9 heteroatoms. The van der Waals surface area contributed by atoms with Crippen molar-refractivity contribution in [1.29, 1.82) is 0 Å². The highest BCUT2D eigenvalue weighted by molar-refractivity contribution is 5.95. The third-order valence-corrected chi connectivity index (χ3v) is 3.70. The molecule has 2 aromatic carbocycles. The van der Waals surface area contributed by atoms with Gasteiger partial charge >= 0.3 is 5.97 Å². The van der Waals surface area contributed by atoms with E-state index in [1.165, 1.54) is 26.2 Å². The SMILES string of the molecule is COc1ccc(C(C)=O)cc1CC(=O)OCC(=O)Nc1ccc(F)c(F)c1F. The third-order valence-electron chi connectivity index (χ3n) is 3.70. The van der Waals surface area contributed by atoms with E-state index in [4.69, 9.17) is 9.47 Å². The molecule has 0 unspecified atom stereocenters. The minimum absolute atomic E-state index is 0.204. The number of nitrogens with one attached hydrogen (secondary N) is 1. The van der Waals surface area contributed by atoms with Crippen LogP contribution in [0.5, 0.6) is 5.75 Å². The van der Waals surface area contributed by atoms with Gasteiger partial charge in [-0.3, -0.25) is 14.4 Å². The number of rotatable bonds is 7. The second-order valence-corrected chi connectivity index (χ2v) is 5.69. The van der Waals surface area contributed by atoms with Crippen molar-refractivity contribution in [3.63, 3.8) is 0 Å². The Morgan fingerprint density at radius 1 is 1.04 bits per heavy atom. The van der Waals surface area contributed by atoms with E-state index in [9.17, 15) is 27.6 Å². The summed E-state index contributed by atoms with van der Waals surface area (Å²) in [5.74, 6) is -6.29. The number of halogens is 3. The molecule has 0 aliphatic heterocycles. The van der Waals surface area contributed by atoms with Gasteiger partial charge in [0.05, 0.1) is 19.2 Å². The monoisotopic (exact) mass is 395 g/mol. The Labute approximate surface area is 158 Å². The molecule has 0 atom stereocenters. The molecule has 0 heterocycles. The molecule has 148 valence electrons. The number of benzene rings is 2. The van der Waals surface area contributed by atoms with E-state index in [1.54, 1.807) is 6.07 Å². The number of carbonyl (C=O) groups excluding carboxylic acids is 3. The lowest BCUT2D eigenvalue weighted by Gasteiger charge is -2.11. The first-order chi connectivity index (χ1) is 13.2. The third kappa shape index (κ3) is 5.09. The summed E-state index contributed by atoms with van der Waals surface area (Å²) in [4.78, 5) is 35.2. The molecule has 0 fully saturated rings. The van der Waals surface area contributed by atoms with Crippen molar-refractivity contribution < 1.29 is 37.0 Å². The number of hydrogen-bond acceptors (Lipinski definition) is 5. The Kier molecular flexibility index (Phi) is 6.75. The van der Waals surface area contributed by atoms with Gasteiger partial charge in [0.2, 0.25) is 0 Å². The summed E-state index contributed by atoms with van der Waals surface area (Å²) in [5.41, 5.74) is 0.165. The molecule has 0 radical (unpaired) electrons. The molecular formula is C19H16F3NO5. The summed E-state index contributed by atoms with van der Waals surface area (Å²) in [7, 11) is 1.39. The van der Waals surface area contributed by atoms with Crippen LogP contribution in [0.3, 0.4) is 0 Å². The van der Waals surface area contributed by atoms with E-state index in [0.717, 1.165) is 6.07 Å². The average Bonchev–Trinajstić information content (AvgIpc) is 2.66. The fourth-order valence-corrected chi connectivity index (χ4v) is 2.30. The lowest BCUT2D eigenvalue weighted by atomic mass is 10.0. The Bertz CT molecular complexity index is 930. The van der Waals surface area contributed by atoms with Gasteiger partial charge in [-0.05, 0) is 37.3 Å². The van der Waals surface area contributed by atoms with Gasteiger partial charge in [0.25, 0.3) is 5.91 Å². The number of methoxy groups -OCH3 is 1. The van der Waals surface area contributed by atoms with Gasteiger partial charge in [-0.15, -0.1) is 0 Å². The van der Waals surface area contributed by atoms with Gasteiger partial charge in [0.1, 0.15) is 5.75 Å². The summed E-state index contributed by atoms with van der Waals surface area (Å²) in [6.45, 7) is 0.595. The zero-order chi connectivity index (χ0) is 20.8. The lowest BCUT2D eigenvalue weighted by molar-refractivity contribution is -0.146. The fourth-order valence-electron chi connectivity index (χ4n) is 2.30. The van der Waals surface area contributed by atoms with E-state index < -0.39 is 41.6 Å². The largest absolute Gasteiger partial charge is 0.496 e. The minimum atomic E-state index is -1.73. The van der Waals surface area contributed by atoms with Crippen molar-refractivity contribution in [2.75, 3.05) is 19.0 Å². The first kappa shape index (κ1) is 20.9. The molecule has 6 nitrogen and oxygen atoms in total. The van der Waals surface area contributed by atoms with Crippen LogP contribution in [-0.2, 0) is 20.7 Å². The van der Waals surface area contributed by atoms with Crippen LogP contribution in [0.1, 0.15) is 22.8 Å². The average molecular weight is 395 g/mol. The predicted octanol–water partition coefficient (Wildman–Crippen LogP) is 3.04. The van der Waals surface area contributed by atoms with Crippen LogP contribution in [0, 0.1) is 17.5 Å². The first-order valence-electron chi connectivity index (χ1n) is 7.99. The van der Waals surface area contributed by atoms with Gasteiger partial charge in [-0.25, -0.2) is 13.2 Å². The number of carbonyl (C=O) groups is 3. The normalized spacial score (nSPS) is 10.3. The van der Waals surface area contributed by atoms with Crippen LogP contribution in [0.4, 0.5) is 18.9 Å². The first-order valence-corrected chi connectivity index (χ1v) is 7.99. The second kappa shape index (κ2) is 9.03. The van der Waals surface area contributed by atoms with E-state index in [1.807, 2.05) is 5.32 Å². The molecule has 2 rings (SSSR count). The van der Waals surface area contributed by atoms with Crippen LogP contribution >= 0.6 is 0 Å². The predicted molar refractivity (Wildman–Crippen MR) is 92.6 cm³/mol. The van der Waals surface area contributed by atoms with Gasteiger partial charge in [-0.2, -0.15) is 0 Å². The van der Waals surface area contributed by atoms with Crippen molar-refractivity contribution in [1.82, 2.24) is 0 Å². The molecular weight excluding hydrogens is 379 g/mol. The van der Waals surface area contributed by atoms with E-state index >= 15 is 0 Å². The number of ether oxygens (including phenoxy) is 2. The molecule has 1 N–H and O–H groups in total. The smallest absolute Gasteiger partial charge is 0.310 e. The summed E-state index contributed by atoms with van der Waals surface area (Å²) >= 11 is 0. The molecule has 0 bridgehead atoms. The van der Waals surface area contributed by atoms with Crippen LogP contribution in [-0.4, -0.2) is 31.4 Å². The summed E-state index contributed by atoms with van der Waals surface area (Å²) in [6, 6.07) is 6.02. The van der Waals surface area contributed by atoms with Gasteiger partial charge < -0.3 is 14.8 Å². The molecule has 0 saturated heterocycles. The fraction of sp³-hybridized carbons (Fsp3) is 0.211. The number of esters is 1. The maximum atomic E-state index is 13.5. The summed E-state index contributed by atoms with van der Waals surface area (Å²) in [5, 5.41) is 1.98. The van der Waals surface area contributed by atoms with Gasteiger partial charge in [0, 0.05) is 11.1 Å². The Morgan fingerprint density at radius 2 is 1.75 bits per heavy atom. The van der Waals surface area contributed by atoms with Crippen molar-refractivity contribution in [2.24, 2.45) is 0 Å². The lowest BCUT2D eigenvalue weighted by Crippen LogP contribution is -2.22. The molecule has 0 aromatic heterocycles. The molecule has 0 saturated carbocycles. The Balaban J connectivity index is 1.97. The van der Waals surface area contributed by atoms with Crippen LogP contribution in [0.15, 0.2) is 30.3 Å². The number of Topliss-reactive ketones (excluding diaryl/α,β-unsaturated/α-hetero) is 1. The molecule has 0 aliphatic rings. The van der Waals surface area contributed by atoms with Gasteiger partial charge in [-0.1, -0.05) is 0 Å². The zero-order valence-electron chi connectivity index (χ0n) is 15.0. The highest BCUT2D eigenvalue weighted by Gasteiger charge is 2.17. The second-order valence-electron chi connectivity index (χ2n) is 5.69. The van der Waals surface area contributed by atoms with E-state index in [-0.39, 0.29) is 12.2 Å². The van der Waals surface area contributed by atoms with E-state index in [0.29, 0.717) is 22.9 Å². The quantitative estimate of drug-likeness (QED) is 0.443. The Hall–Kier alpha value is -3.36. The van der Waals surface area contributed by atoms with Crippen molar-refractivity contribution >= 4 is 23.3 Å². The van der Waals surface area contributed by atoms with Crippen molar-refractivity contribution in [2.45, 2.75) is 13.3 Å². The highest BCUT2D eigenvalue weighted by Crippen LogP contribution is 2.22. The number of ketones is 1. The Morgan fingerprint density at radius 3 is 2.39 bits per heavy atom. The van der Waals surface area contributed by atoms with E-state index in [2.05, 4.69) is 0 Å². The molecule has 0 aliphatic carbocycles. The standard InChI is InChI=1S/C19H16F3NO5/c1-10(24)11-3-6-15(27-2)12(7-11)8-17(26)28-9-16(25)23-14-5-4-13(20)18(21)19(14)22/h3-7H,8-9H2,1-2H3,(H,23,25). The molecule has 1 amide bonds. The van der Waals surface area contributed by atoms with Crippen LogP contribution < -0.4 is 10.1 Å². The van der Waals surface area contributed by atoms with Crippen LogP contribution in [0.25, 0.3) is 0 Å². The number of hydrogen-bond donors (Lipinski definition) is 1. The van der Waals surface area contributed by atoms with Crippen molar-refractivity contribution in [3.8, 4) is 5.75 Å². The number of anilines is 1. The molecule has 2 aromatic rings. The summed E-state index contributed by atoms with van der Waals surface area (Å²) < 4.78 is 49.4. The van der Waals surface area contributed by atoms with Crippen LogP contribution in [0.2, 0.25) is 0 Å². The molecule has 0 spiro atoms. The van der Waals surface area contributed by atoms with Crippen molar-refractivity contribution in [3.05, 3.63) is 58.9 Å². The highest BCUT2D eigenvalue weighted by atomic mass is 19.2. The topological polar surface area (TPSA) is 81.7 Å². The maximum Gasteiger partial charge on any atom is 0.310 e. The summed E-state index contributed by atoms with van der Waals surface area (Å²) in [6.07, 6.45) is -0.281. The van der Waals surface area contributed by atoms with Gasteiger partial charge in [0.15, 0.2) is 29.8 Å².